The Morgan fingerprint density at radius 1 is 1.19 bits per heavy atom. The molecule has 0 unspecified atom stereocenters. The first-order valence-electron chi connectivity index (χ1n) is 9.71. The Balaban J connectivity index is 0.00000625. The molecule has 154 valence electrons. The summed E-state index contributed by atoms with van der Waals surface area (Å²) in [5.74, 6) is 0.804. The van der Waals surface area contributed by atoms with Crippen LogP contribution in [0.25, 0.3) is 0 Å². The largest absolute Gasteiger partial charge is 0.382 e. The number of carbonyl (C=O) groups is 1. The van der Waals surface area contributed by atoms with Gasteiger partial charge in [-0.3, -0.25) is 9.79 Å². The summed E-state index contributed by atoms with van der Waals surface area (Å²) in [5, 5.41) is 9.52. The van der Waals surface area contributed by atoms with E-state index >= 15 is 0 Å². The summed E-state index contributed by atoms with van der Waals surface area (Å²) in [7, 11) is 1.67. The highest BCUT2D eigenvalue weighted by molar-refractivity contribution is 14.0. The molecule has 6 nitrogen and oxygen atoms in total. The Morgan fingerprint density at radius 2 is 1.85 bits per heavy atom. The van der Waals surface area contributed by atoms with Gasteiger partial charge in [0.05, 0.1) is 12.0 Å². The molecule has 1 aliphatic carbocycles. The molecule has 0 saturated heterocycles. The van der Waals surface area contributed by atoms with Gasteiger partial charge in [0.2, 0.25) is 5.91 Å². The number of halogens is 1. The van der Waals surface area contributed by atoms with E-state index in [0.29, 0.717) is 12.0 Å². The van der Waals surface area contributed by atoms with Crippen LogP contribution in [0.1, 0.15) is 59.8 Å². The summed E-state index contributed by atoms with van der Waals surface area (Å²) in [6.07, 6.45) is 6.18. The van der Waals surface area contributed by atoms with Gasteiger partial charge in [-0.15, -0.1) is 24.0 Å². The monoisotopic (exact) mass is 482 g/mol. The maximum Gasteiger partial charge on any atom is 0.227 e. The molecule has 1 saturated carbocycles. The van der Waals surface area contributed by atoms with Crippen molar-refractivity contribution in [3.63, 3.8) is 0 Å². The van der Waals surface area contributed by atoms with Crippen molar-refractivity contribution < 1.29 is 9.53 Å². The summed E-state index contributed by atoms with van der Waals surface area (Å²) < 4.78 is 5.59. The van der Waals surface area contributed by atoms with Gasteiger partial charge in [0.25, 0.3) is 0 Å². The van der Waals surface area contributed by atoms with Gasteiger partial charge in [0.1, 0.15) is 0 Å². The lowest BCUT2D eigenvalue weighted by molar-refractivity contribution is -0.128. The zero-order chi connectivity index (χ0) is 18.8. The molecule has 3 N–H and O–H groups in total. The number of amides is 1. The van der Waals surface area contributed by atoms with Crippen LogP contribution < -0.4 is 16.0 Å². The fourth-order valence-electron chi connectivity index (χ4n) is 3.37. The van der Waals surface area contributed by atoms with Gasteiger partial charge >= 0.3 is 0 Å². The second-order valence-electron chi connectivity index (χ2n) is 7.67. The van der Waals surface area contributed by atoms with Crippen LogP contribution in [0.3, 0.4) is 0 Å². The minimum Gasteiger partial charge on any atom is -0.382 e. The number of guanidine groups is 1. The summed E-state index contributed by atoms with van der Waals surface area (Å²) in [6, 6.07) is 0. The third-order valence-corrected chi connectivity index (χ3v) is 5.09. The molecule has 0 aromatic heterocycles. The first-order chi connectivity index (χ1) is 11.9. The average molecular weight is 482 g/mol. The van der Waals surface area contributed by atoms with E-state index in [1.165, 1.54) is 25.7 Å². The molecule has 7 heteroatoms. The highest BCUT2D eigenvalue weighted by atomic mass is 127. The fraction of sp³-hybridized carbons (Fsp3) is 0.895. The minimum absolute atomic E-state index is 0. The van der Waals surface area contributed by atoms with Gasteiger partial charge in [-0.25, -0.2) is 0 Å². The van der Waals surface area contributed by atoms with Gasteiger partial charge in [-0.1, -0.05) is 12.8 Å². The molecule has 26 heavy (non-hydrogen) atoms. The molecule has 1 fully saturated rings. The van der Waals surface area contributed by atoms with E-state index in [9.17, 15) is 4.79 Å². The Labute approximate surface area is 176 Å². The van der Waals surface area contributed by atoms with E-state index in [-0.39, 0.29) is 29.9 Å². The maximum atomic E-state index is 11.9. The topological polar surface area (TPSA) is 74.8 Å². The summed E-state index contributed by atoms with van der Waals surface area (Å²) in [4.78, 5) is 16.6. The second kappa shape index (κ2) is 12.8. The lowest BCUT2D eigenvalue weighted by Crippen LogP contribution is -2.44. The van der Waals surface area contributed by atoms with Gasteiger partial charge in [0, 0.05) is 33.4 Å². The normalized spacial score (nSPS) is 16.7. The van der Waals surface area contributed by atoms with Gasteiger partial charge in [-0.05, 0) is 52.4 Å². The number of aliphatic imine (C=N–C) groups is 1. The molecule has 1 rings (SSSR count). The average Bonchev–Trinajstić information content (AvgIpc) is 3.06. The molecular formula is C19H39IN4O2. The number of hydrogen-bond acceptors (Lipinski definition) is 3. The number of ether oxygens (including phenoxy) is 1. The fourth-order valence-corrected chi connectivity index (χ4v) is 3.37. The molecular weight excluding hydrogens is 443 g/mol. The van der Waals surface area contributed by atoms with Crippen molar-refractivity contribution in [2.45, 2.75) is 59.8 Å². The molecule has 0 aliphatic heterocycles. The van der Waals surface area contributed by atoms with E-state index in [2.05, 4.69) is 27.9 Å². The second-order valence-corrected chi connectivity index (χ2v) is 7.67. The molecule has 0 radical (unpaired) electrons. The number of carbonyl (C=O) groups excluding carboxylic acids is 1. The zero-order valence-corrected chi connectivity index (χ0v) is 19.6. The molecule has 0 aromatic rings. The van der Waals surface area contributed by atoms with Gasteiger partial charge in [0.15, 0.2) is 5.96 Å². The smallest absolute Gasteiger partial charge is 0.227 e. The van der Waals surface area contributed by atoms with E-state index < -0.39 is 5.41 Å². The molecule has 0 aromatic carbocycles. The standard InChI is InChI=1S/C19H38N4O2.HI/c1-6-21-17(22-14-18(3,4)16(24)20-5)23-15-19(10-8-9-11-19)12-13-25-7-2;/h6-15H2,1-5H3,(H,20,24)(H2,21,22,23);1H. The summed E-state index contributed by atoms with van der Waals surface area (Å²) >= 11 is 0. The third-order valence-electron chi connectivity index (χ3n) is 5.09. The van der Waals surface area contributed by atoms with Crippen molar-refractivity contribution in [3.8, 4) is 0 Å². The highest BCUT2D eigenvalue weighted by Crippen LogP contribution is 2.40. The zero-order valence-electron chi connectivity index (χ0n) is 17.2. The first kappa shape index (κ1) is 25.4. The van der Waals surface area contributed by atoms with Gasteiger partial charge < -0.3 is 20.7 Å². The Kier molecular flexibility index (Phi) is 12.5. The first-order valence-corrected chi connectivity index (χ1v) is 9.71. The number of hydrogen-bond donors (Lipinski definition) is 3. The maximum absolute atomic E-state index is 11.9. The SMILES string of the molecule is CCNC(=NCC(C)(C)C(=O)NC)NCC1(CCOCC)CCCC1.I. The van der Waals surface area contributed by atoms with Crippen LogP contribution in [0.2, 0.25) is 0 Å². The van der Waals surface area contributed by atoms with E-state index in [1.54, 1.807) is 7.05 Å². The molecule has 0 atom stereocenters. The minimum atomic E-state index is -0.517. The van der Waals surface area contributed by atoms with Crippen LogP contribution in [-0.2, 0) is 9.53 Å². The predicted octanol–water partition coefficient (Wildman–Crippen LogP) is 2.92. The molecule has 0 bridgehead atoms. The van der Waals surface area contributed by atoms with Crippen LogP contribution in [0, 0.1) is 10.8 Å². The number of rotatable bonds is 10. The van der Waals surface area contributed by atoms with Crippen molar-refractivity contribution in [1.82, 2.24) is 16.0 Å². The molecule has 0 spiro atoms. The van der Waals surface area contributed by atoms with E-state index in [1.807, 2.05) is 20.8 Å². The van der Waals surface area contributed by atoms with Gasteiger partial charge in [-0.2, -0.15) is 0 Å². The van der Waals surface area contributed by atoms with Crippen LogP contribution >= 0.6 is 24.0 Å². The Hall–Kier alpha value is -0.570. The number of nitrogens with zero attached hydrogens (tertiary/aromatic N) is 1. The quantitative estimate of drug-likeness (QED) is 0.194. The van der Waals surface area contributed by atoms with Crippen molar-refractivity contribution in [1.29, 1.82) is 0 Å². The molecule has 0 heterocycles. The van der Waals surface area contributed by atoms with Crippen LogP contribution in [0.15, 0.2) is 4.99 Å². The Morgan fingerprint density at radius 3 is 2.38 bits per heavy atom. The Bertz CT molecular complexity index is 435. The lowest BCUT2D eigenvalue weighted by Gasteiger charge is -2.30. The summed E-state index contributed by atoms with van der Waals surface area (Å²) in [5.41, 5.74) is -0.210. The number of nitrogens with one attached hydrogen (secondary N) is 3. The van der Waals surface area contributed by atoms with E-state index in [0.717, 1.165) is 38.7 Å². The van der Waals surface area contributed by atoms with Crippen LogP contribution in [-0.4, -0.2) is 51.8 Å². The van der Waals surface area contributed by atoms with E-state index in [4.69, 9.17) is 4.74 Å². The van der Waals surface area contributed by atoms with Crippen molar-refractivity contribution in [3.05, 3.63) is 0 Å². The van der Waals surface area contributed by atoms with Crippen LogP contribution in [0.5, 0.6) is 0 Å². The highest BCUT2D eigenvalue weighted by Gasteiger charge is 2.33. The molecule has 1 aliphatic rings. The van der Waals surface area contributed by atoms with Crippen molar-refractivity contribution in [2.24, 2.45) is 15.8 Å². The van der Waals surface area contributed by atoms with Crippen molar-refractivity contribution in [2.75, 3.05) is 39.9 Å². The molecule has 1 amide bonds. The van der Waals surface area contributed by atoms with Crippen LogP contribution in [0.4, 0.5) is 0 Å². The lowest BCUT2D eigenvalue weighted by atomic mass is 9.83. The third kappa shape index (κ3) is 8.41. The summed E-state index contributed by atoms with van der Waals surface area (Å²) in [6.45, 7) is 11.7. The predicted molar refractivity (Wildman–Crippen MR) is 119 cm³/mol. The van der Waals surface area contributed by atoms with Crippen molar-refractivity contribution >= 4 is 35.8 Å².